The maximum atomic E-state index is 13.7. The Hall–Kier alpha value is -2.56. The summed E-state index contributed by atoms with van der Waals surface area (Å²) in [7, 11) is 3.53. The molecule has 0 saturated carbocycles. The largest absolute Gasteiger partial charge is 0.495 e. The molecule has 33 heavy (non-hydrogen) atoms. The minimum absolute atomic E-state index is 0.0845. The highest BCUT2D eigenvalue weighted by atomic mass is 32.2. The van der Waals surface area contributed by atoms with Crippen LogP contribution < -0.4 is 20.9 Å². The Labute approximate surface area is 204 Å². The van der Waals surface area contributed by atoms with Gasteiger partial charge < -0.3 is 15.4 Å². The second-order valence-electron chi connectivity index (χ2n) is 7.67. The highest BCUT2D eigenvalue weighted by Crippen LogP contribution is 2.58. The van der Waals surface area contributed by atoms with Crippen molar-refractivity contribution in [3.63, 3.8) is 0 Å². The predicted molar refractivity (Wildman–Crippen MR) is 134 cm³/mol. The molecule has 10 heteroatoms. The Morgan fingerprint density at radius 2 is 1.94 bits per heavy atom. The second-order valence-corrected chi connectivity index (χ2v) is 11.6. The third kappa shape index (κ3) is 3.79. The number of aromatic nitrogens is 2. The molecule has 0 bridgehead atoms. The molecular formula is C23H22N4O3S3. The molecule has 1 unspecified atom stereocenters. The van der Waals surface area contributed by atoms with Crippen molar-refractivity contribution in [3.8, 4) is 11.4 Å². The summed E-state index contributed by atoms with van der Waals surface area (Å²) in [6.45, 7) is 0. The number of ether oxygens (including phenoxy) is 1. The molecule has 0 fully saturated rings. The van der Waals surface area contributed by atoms with E-state index in [-0.39, 0.29) is 12.0 Å². The fourth-order valence-corrected chi connectivity index (χ4v) is 8.18. The minimum Gasteiger partial charge on any atom is -0.495 e. The van der Waals surface area contributed by atoms with Crippen LogP contribution in [0.4, 0.5) is 5.69 Å². The van der Waals surface area contributed by atoms with Crippen molar-refractivity contribution in [1.29, 1.82) is 0 Å². The first-order valence-electron chi connectivity index (χ1n) is 10.3. The van der Waals surface area contributed by atoms with Crippen LogP contribution in [0.3, 0.4) is 0 Å². The highest BCUT2D eigenvalue weighted by molar-refractivity contribution is 8.18. The molecule has 1 atom stereocenters. The van der Waals surface area contributed by atoms with Gasteiger partial charge in [0.1, 0.15) is 5.75 Å². The fraction of sp³-hybridized carbons (Fsp3) is 0.261. The van der Waals surface area contributed by atoms with Crippen molar-refractivity contribution in [2.75, 3.05) is 24.8 Å². The maximum absolute atomic E-state index is 13.7. The van der Waals surface area contributed by atoms with E-state index < -0.39 is 10.1 Å². The summed E-state index contributed by atoms with van der Waals surface area (Å²) in [5.74, 6) is 0.980. The van der Waals surface area contributed by atoms with E-state index in [2.05, 4.69) is 4.90 Å². The quantitative estimate of drug-likeness (QED) is 0.514. The Morgan fingerprint density at radius 1 is 1.21 bits per heavy atom. The molecular weight excluding hydrogens is 476 g/mol. The summed E-state index contributed by atoms with van der Waals surface area (Å²) < 4.78 is 6.40. The summed E-state index contributed by atoms with van der Waals surface area (Å²) in [6, 6.07) is 15.4. The smallest absolute Gasteiger partial charge is 0.272 e. The Balaban J connectivity index is 1.70. The number of benzene rings is 2. The average molecular weight is 499 g/mol. The van der Waals surface area contributed by atoms with Crippen molar-refractivity contribution in [2.45, 2.75) is 32.0 Å². The number of primary amides is 1. The molecule has 7 nitrogen and oxygen atoms in total. The zero-order valence-corrected chi connectivity index (χ0v) is 20.6. The molecule has 3 aromatic rings. The predicted octanol–water partition coefficient (Wildman–Crippen LogP) is 3.75. The number of fused-ring (bicyclic) bond motifs is 2. The lowest BCUT2D eigenvalue weighted by Gasteiger charge is -2.35. The topological polar surface area (TPSA) is 90.4 Å². The summed E-state index contributed by atoms with van der Waals surface area (Å²) in [5.41, 5.74) is 8.03. The third-order valence-corrected chi connectivity index (χ3v) is 9.75. The number of carbonyl (C=O) groups is 1. The number of thioether (sulfide) groups is 3. The number of nitrogens with two attached hydrogens (primary N) is 1. The Kier molecular flexibility index (Phi) is 5.84. The van der Waals surface area contributed by atoms with Crippen LogP contribution >= 0.6 is 35.3 Å². The third-order valence-electron chi connectivity index (χ3n) is 5.65. The molecule has 0 spiro atoms. The lowest BCUT2D eigenvalue weighted by atomic mass is 10.2. The van der Waals surface area contributed by atoms with Gasteiger partial charge in [0.2, 0.25) is 5.91 Å². The average Bonchev–Trinajstić information content (AvgIpc) is 3.37. The normalized spacial score (nSPS) is 18.8. The number of hydrogen-bond donors (Lipinski definition) is 1. The van der Waals surface area contributed by atoms with E-state index >= 15 is 0 Å². The van der Waals surface area contributed by atoms with E-state index in [0.29, 0.717) is 21.5 Å². The van der Waals surface area contributed by atoms with Crippen LogP contribution in [0.1, 0.15) is 12.1 Å². The zero-order valence-electron chi connectivity index (χ0n) is 18.1. The monoisotopic (exact) mass is 498 g/mol. The number of aryl methyl sites for hydroxylation is 1. The van der Waals surface area contributed by atoms with Gasteiger partial charge in [0, 0.05) is 24.1 Å². The van der Waals surface area contributed by atoms with Crippen LogP contribution in [-0.2, 0) is 11.2 Å². The van der Waals surface area contributed by atoms with Crippen LogP contribution in [0.15, 0.2) is 68.3 Å². The van der Waals surface area contributed by atoms with E-state index in [1.807, 2.05) is 55.6 Å². The van der Waals surface area contributed by atoms with Gasteiger partial charge in [-0.3, -0.25) is 14.2 Å². The van der Waals surface area contributed by atoms with Crippen LogP contribution in [0.5, 0.6) is 5.75 Å². The van der Waals surface area contributed by atoms with Gasteiger partial charge in [-0.05, 0) is 36.0 Å². The first kappa shape index (κ1) is 22.2. The van der Waals surface area contributed by atoms with Crippen molar-refractivity contribution in [2.24, 2.45) is 5.73 Å². The summed E-state index contributed by atoms with van der Waals surface area (Å²) in [4.78, 5) is 34.6. The molecule has 0 aliphatic carbocycles. The van der Waals surface area contributed by atoms with Gasteiger partial charge in [-0.1, -0.05) is 36.0 Å². The number of amides is 1. The molecule has 2 aromatic carbocycles. The van der Waals surface area contributed by atoms with Crippen molar-refractivity contribution in [3.05, 3.63) is 64.6 Å². The molecule has 1 aromatic heterocycles. The first-order chi connectivity index (χ1) is 15.9. The van der Waals surface area contributed by atoms with Crippen LogP contribution in [0.25, 0.3) is 5.69 Å². The minimum atomic E-state index is -0.779. The summed E-state index contributed by atoms with van der Waals surface area (Å²) >= 11 is 4.48. The van der Waals surface area contributed by atoms with E-state index in [1.165, 1.54) is 23.5 Å². The van der Waals surface area contributed by atoms with Crippen molar-refractivity contribution in [1.82, 2.24) is 9.55 Å². The van der Waals surface area contributed by atoms with Gasteiger partial charge in [0.05, 0.1) is 35.5 Å². The van der Waals surface area contributed by atoms with Crippen LogP contribution in [0.2, 0.25) is 0 Å². The Morgan fingerprint density at radius 3 is 2.67 bits per heavy atom. The molecule has 170 valence electrons. The van der Waals surface area contributed by atoms with Crippen molar-refractivity contribution >= 4 is 46.9 Å². The fourth-order valence-electron chi connectivity index (χ4n) is 4.07. The molecule has 5 rings (SSSR count). The highest BCUT2D eigenvalue weighted by Gasteiger charge is 2.46. The lowest BCUT2D eigenvalue weighted by molar-refractivity contribution is -0.118. The molecule has 2 aliphatic rings. The van der Waals surface area contributed by atoms with Crippen LogP contribution in [-0.4, -0.2) is 39.6 Å². The number of carbonyl (C=O) groups excluding carboxylic acids is 1. The zero-order chi connectivity index (χ0) is 23.2. The van der Waals surface area contributed by atoms with E-state index in [9.17, 15) is 9.59 Å². The summed E-state index contributed by atoms with van der Waals surface area (Å²) in [5, 5.41) is 0.513. The second kappa shape index (κ2) is 8.66. The molecule has 2 aliphatic heterocycles. The maximum Gasteiger partial charge on any atom is 0.272 e. The number of nitrogens with zero attached hydrogens (tertiary/aromatic N) is 3. The SMILES string of the molecule is COc1ccccc1-n1c(SC2(CC(N)=O)Sc3ccccc3N2C)nc2c(c1=O)SCC2. The van der Waals surface area contributed by atoms with Gasteiger partial charge in [0.25, 0.3) is 5.56 Å². The molecule has 1 amide bonds. The van der Waals surface area contributed by atoms with Crippen molar-refractivity contribution < 1.29 is 9.53 Å². The molecule has 0 saturated heterocycles. The number of hydrogen-bond acceptors (Lipinski definition) is 8. The van der Waals surface area contributed by atoms with E-state index in [0.717, 1.165) is 28.5 Å². The number of para-hydroxylation sites is 3. The Bertz CT molecular complexity index is 1310. The summed E-state index contributed by atoms with van der Waals surface area (Å²) in [6.07, 6.45) is 0.822. The molecule has 2 N–H and O–H groups in total. The van der Waals surface area contributed by atoms with E-state index in [1.54, 1.807) is 23.4 Å². The number of rotatable bonds is 6. The number of methoxy groups -OCH3 is 1. The van der Waals surface area contributed by atoms with Gasteiger partial charge in [0.15, 0.2) is 9.36 Å². The first-order valence-corrected chi connectivity index (χ1v) is 13.0. The van der Waals surface area contributed by atoms with E-state index in [4.69, 9.17) is 15.5 Å². The van der Waals surface area contributed by atoms with Gasteiger partial charge in [-0.25, -0.2) is 4.98 Å². The molecule has 3 heterocycles. The number of anilines is 1. The van der Waals surface area contributed by atoms with Gasteiger partial charge in [-0.2, -0.15) is 0 Å². The standard InChI is InChI=1S/C23H22N4O3S3/c1-26-16-8-4-6-10-18(16)32-23(26,13-19(24)28)33-22-25-14-11-12-31-20(14)21(29)27(22)15-7-3-5-9-17(15)30-2/h3-10H,11-13H2,1-2H3,(H2,24,28). The van der Waals surface area contributed by atoms with Crippen LogP contribution in [0, 0.1) is 0 Å². The lowest BCUT2D eigenvalue weighted by Crippen LogP contribution is -2.41. The van der Waals surface area contributed by atoms with Gasteiger partial charge in [-0.15, -0.1) is 11.8 Å². The van der Waals surface area contributed by atoms with Gasteiger partial charge >= 0.3 is 0 Å². The molecule has 0 radical (unpaired) electrons.